The Bertz CT molecular complexity index is 1060. The normalized spacial score (nSPS) is 12.5. The fraction of sp³-hybridized carbons (Fsp3) is 0.222. The Morgan fingerprint density at radius 1 is 0.824 bits per heavy atom. The van der Waals surface area contributed by atoms with Gasteiger partial charge < -0.3 is 22.5 Å². The van der Waals surface area contributed by atoms with Crippen molar-refractivity contribution in [3.63, 3.8) is 0 Å². The smallest absolute Gasteiger partial charge is 0.248 e. The van der Waals surface area contributed by atoms with Gasteiger partial charge in [-0.15, -0.1) is 0 Å². The maximum atomic E-state index is 14.1. The molecule has 3 aromatic rings. The van der Waals surface area contributed by atoms with E-state index in [-0.39, 0.29) is 31.3 Å². The van der Waals surface area contributed by atoms with Crippen LogP contribution in [0.25, 0.3) is 0 Å². The van der Waals surface area contributed by atoms with Crippen molar-refractivity contribution in [1.82, 2.24) is 5.32 Å². The molecule has 0 unspecified atom stereocenters. The Morgan fingerprint density at radius 3 is 1.82 bits per heavy atom. The van der Waals surface area contributed by atoms with Crippen molar-refractivity contribution in [1.29, 1.82) is 0 Å². The summed E-state index contributed by atoms with van der Waals surface area (Å²) in [5.41, 5.74) is 18.2. The first-order valence-electron chi connectivity index (χ1n) is 11.2. The molecule has 0 radical (unpaired) electrons. The summed E-state index contributed by atoms with van der Waals surface area (Å²) in [6.07, 6.45) is 0.467. The summed E-state index contributed by atoms with van der Waals surface area (Å²) in [6.45, 7) is 0.531. The van der Waals surface area contributed by atoms with Gasteiger partial charge in [0.1, 0.15) is 0 Å². The maximum absolute atomic E-state index is 14.1. The topological polar surface area (TPSA) is 137 Å². The van der Waals surface area contributed by atoms with Crippen LogP contribution < -0.4 is 22.5 Å². The van der Waals surface area contributed by atoms with Crippen LogP contribution in [-0.4, -0.2) is 29.7 Å². The molecule has 1 amide bonds. The van der Waals surface area contributed by atoms with Crippen LogP contribution in [0.2, 0.25) is 0 Å². The number of ketones is 1. The minimum atomic E-state index is -1.77. The molecule has 0 spiro atoms. The van der Waals surface area contributed by atoms with Crippen LogP contribution in [-0.2, 0) is 16.1 Å². The number of hydrogen-bond acceptors (Lipinski definition) is 4. The standard InChI is InChI=1S/C27H31N5O2/c28-26(29)31-18-10-17-27(30,25(34)32-19-20-11-4-1-5-12-20)24(33)23(21-13-6-2-7-14-21)22-15-8-3-9-16-22/h1-9,11-16,23H,10,17-19,30H2,(H,32,34)(H4,28,29,31)/t27-/m1/s1. The number of amides is 1. The molecule has 3 aromatic carbocycles. The number of guanidine groups is 1. The molecular weight excluding hydrogens is 426 g/mol. The van der Waals surface area contributed by atoms with Gasteiger partial charge in [-0.3, -0.25) is 14.6 Å². The van der Waals surface area contributed by atoms with Crippen LogP contribution >= 0.6 is 0 Å². The van der Waals surface area contributed by atoms with Crippen molar-refractivity contribution in [2.45, 2.75) is 30.8 Å². The SMILES string of the molecule is NC(N)=NCCC[C@](N)(C(=O)NCc1ccccc1)C(=O)C(c1ccccc1)c1ccccc1. The highest BCUT2D eigenvalue weighted by atomic mass is 16.2. The molecule has 0 saturated carbocycles. The lowest BCUT2D eigenvalue weighted by atomic mass is 9.76. The van der Waals surface area contributed by atoms with Crippen LogP contribution in [0.3, 0.4) is 0 Å². The zero-order valence-electron chi connectivity index (χ0n) is 19.1. The lowest BCUT2D eigenvalue weighted by Gasteiger charge is -2.31. The summed E-state index contributed by atoms with van der Waals surface area (Å²) < 4.78 is 0. The monoisotopic (exact) mass is 457 g/mol. The molecule has 0 aliphatic rings. The third kappa shape index (κ3) is 6.30. The minimum Gasteiger partial charge on any atom is -0.370 e. The first-order valence-corrected chi connectivity index (χ1v) is 11.2. The number of hydrogen-bond donors (Lipinski definition) is 4. The van der Waals surface area contributed by atoms with Crippen LogP contribution in [0.5, 0.6) is 0 Å². The molecule has 34 heavy (non-hydrogen) atoms. The van der Waals surface area contributed by atoms with Gasteiger partial charge in [0.2, 0.25) is 5.91 Å². The Kier molecular flexibility index (Phi) is 8.54. The van der Waals surface area contributed by atoms with Crippen LogP contribution in [0.1, 0.15) is 35.4 Å². The third-order valence-corrected chi connectivity index (χ3v) is 5.69. The second kappa shape index (κ2) is 11.8. The fourth-order valence-corrected chi connectivity index (χ4v) is 3.89. The van der Waals surface area contributed by atoms with E-state index in [4.69, 9.17) is 17.2 Å². The van der Waals surface area contributed by atoms with Crippen molar-refractivity contribution in [2.24, 2.45) is 22.2 Å². The molecular formula is C27H31N5O2. The first-order chi connectivity index (χ1) is 16.4. The Hall–Kier alpha value is -3.97. The maximum Gasteiger partial charge on any atom is 0.248 e. The molecule has 0 aromatic heterocycles. The number of carbonyl (C=O) groups is 2. The molecule has 7 N–H and O–H groups in total. The van der Waals surface area contributed by atoms with Crippen LogP contribution in [0.15, 0.2) is 96.0 Å². The number of Topliss-reactive ketones (excluding diaryl/α,β-unsaturated/α-hetero) is 1. The second-order valence-corrected chi connectivity index (χ2v) is 8.17. The van der Waals surface area contributed by atoms with Gasteiger partial charge in [0.25, 0.3) is 0 Å². The average molecular weight is 458 g/mol. The van der Waals surface area contributed by atoms with E-state index in [1.807, 2.05) is 91.0 Å². The molecule has 0 fully saturated rings. The highest BCUT2D eigenvalue weighted by Crippen LogP contribution is 2.31. The number of nitrogens with zero attached hydrogens (tertiary/aromatic N) is 1. The van der Waals surface area contributed by atoms with Gasteiger partial charge in [-0.25, -0.2) is 0 Å². The van der Waals surface area contributed by atoms with Crippen molar-refractivity contribution in [3.05, 3.63) is 108 Å². The molecule has 1 atom stereocenters. The lowest BCUT2D eigenvalue weighted by Crippen LogP contribution is -2.61. The highest BCUT2D eigenvalue weighted by molar-refractivity contribution is 6.13. The molecule has 0 aliphatic carbocycles. The van der Waals surface area contributed by atoms with Crippen molar-refractivity contribution in [2.75, 3.05) is 6.54 Å². The summed E-state index contributed by atoms with van der Waals surface area (Å²) in [7, 11) is 0. The van der Waals surface area contributed by atoms with E-state index >= 15 is 0 Å². The van der Waals surface area contributed by atoms with Gasteiger partial charge in [0.05, 0.1) is 5.92 Å². The first kappa shape index (κ1) is 24.7. The molecule has 0 bridgehead atoms. The Morgan fingerprint density at radius 2 is 1.32 bits per heavy atom. The summed E-state index contributed by atoms with van der Waals surface area (Å²) in [5, 5.41) is 2.86. The van der Waals surface area contributed by atoms with Crippen LogP contribution in [0.4, 0.5) is 0 Å². The molecule has 7 nitrogen and oxygen atoms in total. The van der Waals surface area contributed by atoms with Gasteiger partial charge in [0.15, 0.2) is 17.3 Å². The van der Waals surface area contributed by atoms with Crippen molar-refractivity contribution in [3.8, 4) is 0 Å². The van der Waals surface area contributed by atoms with Crippen molar-refractivity contribution < 1.29 is 9.59 Å². The number of rotatable bonds is 11. The molecule has 0 heterocycles. The van der Waals surface area contributed by atoms with E-state index in [0.717, 1.165) is 16.7 Å². The van der Waals surface area contributed by atoms with E-state index < -0.39 is 17.4 Å². The van der Waals surface area contributed by atoms with Crippen molar-refractivity contribution >= 4 is 17.6 Å². The summed E-state index contributed by atoms with van der Waals surface area (Å²) in [5.74, 6) is -1.64. The average Bonchev–Trinajstić information content (AvgIpc) is 2.87. The van der Waals surface area contributed by atoms with Gasteiger partial charge in [-0.1, -0.05) is 91.0 Å². The molecule has 0 saturated heterocycles. The van der Waals surface area contributed by atoms with E-state index in [2.05, 4.69) is 10.3 Å². The Balaban J connectivity index is 1.93. The molecule has 176 valence electrons. The fourth-order valence-electron chi connectivity index (χ4n) is 3.89. The van der Waals surface area contributed by atoms with E-state index in [1.54, 1.807) is 0 Å². The summed E-state index contributed by atoms with van der Waals surface area (Å²) in [6, 6.07) is 28.2. The number of benzene rings is 3. The summed E-state index contributed by atoms with van der Waals surface area (Å²) in [4.78, 5) is 31.5. The predicted molar refractivity (Wildman–Crippen MR) is 135 cm³/mol. The van der Waals surface area contributed by atoms with Gasteiger partial charge in [-0.2, -0.15) is 0 Å². The second-order valence-electron chi connectivity index (χ2n) is 8.17. The molecule has 0 aliphatic heterocycles. The lowest BCUT2D eigenvalue weighted by molar-refractivity contribution is -0.136. The van der Waals surface area contributed by atoms with Gasteiger partial charge >= 0.3 is 0 Å². The van der Waals surface area contributed by atoms with E-state index in [0.29, 0.717) is 6.42 Å². The zero-order valence-corrected chi connectivity index (χ0v) is 19.1. The molecule has 7 heteroatoms. The quantitative estimate of drug-likeness (QED) is 0.152. The largest absolute Gasteiger partial charge is 0.370 e. The van der Waals surface area contributed by atoms with Crippen LogP contribution in [0, 0.1) is 0 Å². The number of aliphatic imine (C=N–C) groups is 1. The van der Waals surface area contributed by atoms with E-state index in [9.17, 15) is 9.59 Å². The molecule has 3 rings (SSSR count). The Labute approximate surface area is 200 Å². The minimum absolute atomic E-state index is 0.0473. The van der Waals surface area contributed by atoms with Gasteiger partial charge in [0, 0.05) is 13.1 Å². The van der Waals surface area contributed by atoms with E-state index in [1.165, 1.54) is 0 Å². The summed E-state index contributed by atoms with van der Waals surface area (Å²) >= 11 is 0. The number of nitrogens with two attached hydrogens (primary N) is 3. The highest BCUT2D eigenvalue weighted by Gasteiger charge is 2.45. The predicted octanol–water partition coefficient (Wildman–Crippen LogP) is 2.46. The zero-order chi connectivity index (χ0) is 24.4. The number of nitrogens with one attached hydrogen (secondary N) is 1. The number of carbonyl (C=O) groups excluding carboxylic acids is 2. The van der Waals surface area contributed by atoms with Gasteiger partial charge in [-0.05, 0) is 29.5 Å². The third-order valence-electron chi connectivity index (χ3n) is 5.69.